The maximum Gasteiger partial charge on any atom is 0.0386 e. The van der Waals surface area contributed by atoms with E-state index in [0.717, 1.165) is 12.8 Å². The van der Waals surface area contributed by atoms with Crippen molar-refractivity contribution in [1.82, 2.24) is 0 Å². The van der Waals surface area contributed by atoms with E-state index in [2.05, 4.69) is 113 Å². The lowest BCUT2D eigenvalue weighted by atomic mass is 9.68. The lowest BCUT2D eigenvalue weighted by Gasteiger charge is -2.42. The Morgan fingerprint density at radius 1 is 0.719 bits per heavy atom. The van der Waals surface area contributed by atoms with Gasteiger partial charge in [0.05, 0.1) is 0 Å². The largest absolute Gasteiger partial charge is 0.380 e. The van der Waals surface area contributed by atoms with Crippen LogP contribution in [0.4, 0.5) is 5.69 Å². The van der Waals surface area contributed by atoms with Crippen LogP contribution in [-0.2, 0) is 10.8 Å². The van der Waals surface area contributed by atoms with Crippen molar-refractivity contribution < 1.29 is 0 Å². The predicted molar refractivity (Wildman–Crippen MR) is 136 cm³/mol. The summed E-state index contributed by atoms with van der Waals surface area (Å²) in [5.41, 5.74) is 11.7. The molecule has 0 fully saturated rings. The van der Waals surface area contributed by atoms with Crippen LogP contribution in [-0.4, -0.2) is 5.54 Å². The molecule has 6 rings (SSSR count). The number of benzene rings is 3. The fraction of sp³-hybridized carbons (Fsp3) is 0.355. The van der Waals surface area contributed by atoms with Crippen molar-refractivity contribution in [3.05, 3.63) is 95.1 Å². The molecule has 0 amide bonds. The van der Waals surface area contributed by atoms with Crippen LogP contribution in [0.2, 0.25) is 0 Å². The van der Waals surface area contributed by atoms with E-state index < -0.39 is 0 Å². The predicted octanol–water partition coefficient (Wildman–Crippen LogP) is 7.95. The van der Waals surface area contributed by atoms with Gasteiger partial charge in [0.2, 0.25) is 0 Å². The molecule has 162 valence electrons. The summed E-state index contributed by atoms with van der Waals surface area (Å²) < 4.78 is 0. The molecule has 3 aromatic carbocycles. The summed E-state index contributed by atoms with van der Waals surface area (Å²) in [4.78, 5) is 0. The van der Waals surface area contributed by atoms with Crippen molar-refractivity contribution in [3.8, 4) is 11.1 Å². The molecule has 0 heterocycles. The molecular formula is C31H33N. The van der Waals surface area contributed by atoms with Gasteiger partial charge in [-0.3, -0.25) is 0 Å². The van der Waals surface area contributed by atoms with Crippen LogP contribution in [0.3, 0.4) is 0 Å². The molecule has 0 radical (unpaired) electrons. The second-order valence-corrected chi connectivity index (χ2v) is 11.5. The third-order valence-electron chi connectivity index (χ3n) is 8.64. The Kier molecular flexibility index (Phi) is 3.96. The zero-order valence-corrected chi connectivity index (χ0v) is 19.9. The Hall–Kier alpha value is -2.80. The quantitative estimate of drug-likeness (QED) is 0.444. The average molecular weight is 420 g/mol. The number of allylic oxidation sites excluding steroid dienone is 1. The van der Waals surface area contributed by atoms with Crippen molar-refractivity contribution in [2.24, 2.45) is 5.92 Å². The van der Waals surface area contributed by atoms with E-state index in [1.807, 2.05) is 0 Å². The fourth-order valence-corrected chi connectivity index (χ4v) is 6.78. The van der Waals surface area contributed by atoms with E-state index >= 15 is 0 Å². The van der Waals surface area contributed by atoms with Gasteiger partial charge < -0.3 is 5.32 Å². The molecule has 0 aromatic heterocycles. The second-order valence-electron chi connectivity index (χ2n) is 11.5. The van der Waals surface area contributed by atoms with Crippen LogP contribution in [0, 0.1) is 5.92 Å². The summed E-state index contributed by atoms with van der Waals surface area (Å²) in [6.45, 7) is 12.0. The van der Waals surface area contributed by atoms with Gasteiger partial charge in [0.15, 0.2) is 0 Å². The highest BCUT2D eigenvalue weighted by Crippen LogP contribution is 2.56. The van der Waals surface area contributed by atoms with Crippen molar-refractivity contribution in [1.29, 1.82) is 0 Å². The summed E-state index contributed by atoms with van der Waals surface area (Å²) in [5.74, 6) is 0.557. The number of anilines is 1. The molecule has 32 heavy (non-hydrogen) atoms. The van der Waals surface area contributed by atoms with Crippen molar-refractivity contribution >= 4 is 11.3 Å². The number of rotatable bonds is 2. The highest BCUT2D eigenvalue weighted by Gasteiger charge is 2.47. The first-order valence-electron chi connectivity index (χ1n) is 12.0. The van der Waals surface area contributed by atoms with Crippen LogP contribution in [0.25, 0.3) is 16.7 Å². The molecule has 0 bridgehead atoms. The van der Waals surface area contributed by atoms with Crippen LogP contribution < -0.4 is 5.32 Å². The van der Waals surface area contributed by atoms with E-state index in [-0.39, 0.29) is 16.4 Å². The summed E-state index contributed by atoms with van der Waals surface area (Å²) in [5, 5.41) is 3.98. The van der Waals surface area contributed by atoms with Crippen LogP contribution >= 0.6 is 0 Å². The van der Waals surface area contributed by atoms with Crippen molar-refractivity contribution in [2.45, 2.75) is 63.8 Å². The average Bonchev–Trinajstić information content (AvgIpc) is 3.13. The lowest BCUT2D eigenvalue weighted by Crippen LogP contribution is -2.42. The van der Waals surface area contributed by atoms with Gasteiger partial charge in [0.25, 0.3) is 0 Å². The first-order valence-corrected chi connectivity index (χ1v) is 12.0. The van der Waals surface area contributed by atoms with E-state index in [1.54, 1.807) is 5.57 Å². The van der Waals surface area contributed by atoms with Gasteiger partial charge in [0, 0.05) is 16.6 Å². The Balaban J connectivity index is 1.33. The number of nitrogens with one attached hydrogen (secondary N) is 1. The van der Waals surface area contributed by atoms with Gasteiger partial charge in [-0.15, -0.1) is 0 Å². The van der Waals surface area contributed by atoms with Crippen molar-refractivity contribution in [3.63, 3.8) is 0 Å². The minimum atomic E-state index is 0.0409. The molecule has 2 atom stereocenters. The van der Waals surface area contributed by atoms with Gasteiger partial charge in [-0.25, -0.2) is 0 Å². The molecule has 2 unspecified atom stereocenters. The zero-order valence-electron chi connectivity index (χ0n) is 19.9. The Bertz CT molecular complexity index is 1280. The zero-order chi connectivity index (χ0) is 22.3. The molecule has 1 nitrogen and oxygen atoms in total. The SMILES string of the molecule is CC1(Nc2ccc3c(c2)C(C)(C)c2ccccc2-3)CC=C2c3ccccc3C(C)(C)C2C1. The third kappa shape index (κ3) is 2.63. The Morgan fingerprint density at radius 2 is 1.38 bits per heavy atom. The standard InChI is InChI=1S/C31H33N/c1-29(2)25-12-8-6-10-21(25)23-15-14-20(18-27(23)29)32-31(5)17-16-24-22-11-7-9-13-26(22)30(3,4)28(24)19-31/h6-16,18,28,32H,17,19H2,1-5H3. The number of hydrogen-bond acceptors (Lipinski definition) is 1. The van der Waals surface area contributed by atoms with Gasteiger partial charge in [-0.2, -0.15) is 0 Å². The van der Waals surface area contributed by atoms with Crippen LogP contribution in [0.15, 0.2) is 72.8 Å². The molecule has 0 saturated carbocycles. The van der Waals surface area contributed by atoms with E-state index in [1.165, 1.54) is 39.1 Å². The molecule has 0 saturated heterocycles. The number of fused-ring (bicyclic) bond motifs is 6. The molecule has 1 N–H and O–H groups in total. The summed E-state index contributed by atoms with van der Waals surface area (Å²) >= 11 is 0. The van der Waals surface area contributed by atoms with E-state index in [0.29, 0.717) is 5.92 Å². The summed E-state index contributed by atoms with van der Waals surface area (Å²) in [7, 11) is 0. The normalized spacial score (nSPS) is 25.9. The van der Waals surface area contributed by atoms with Crippen molar-refractivity contribution in [2.75, 3.05) is 5.32 Å². The molecule has 1 heteroatoms. The third-order valence-corrected chi connectivity index (χ3v) is 8.64. The minimum Gasteiger partial charge on any atom is -0.380 e. The highest BCUT2D eigenvalue weighted by atomic mass is 15.0. The topological polar surface area (TPSA) is 12.0 Å². The summed E-state index contributed by atoms with van der Waals surface area (Å²) in [6, 6.07) is 24.9. The van der Waals surface area contributed by atoms with Crippen LogP contribution in [0.1, 0.15) is 69.7 Å². The van der Waals surface area contributed by atoms with Gasteiger partial charge in [-0.1, -0.05) is 88.4 Å². The Morgan fingerprint density at radius 3 is 2.16 bits per heavy atom. The van der Waals surface area contributed by atoms with Gasteiger partial charge >= 0.3 is 0 Å². The Labute approximate surface area is 192 Å². The first-order chi connectivity index (χ1) is 15.2. The molecule has 3 aliphatic rings. The lowest BCUT2D eigenvalue weighted by molar-refractivity contribution is 0.310. The maximum absolute atomic E-state index is 3.98. The molecule has 3 aliphatic carbocycles. The van der Waals surface area contributed by atoms with Gasteiger partial charge in [0.1, 0.15) is 0 Å². The smallest absolute Gasteiger partial charge is 0.0386 e. The van der Waals surface area contributed by atoms with Crippen LogP contribution in [0.5, 0.6) is 0 Å². The molecule has 0 aliphatic heterocycles. The fourth-order valence-electron chi connectivity index (χ4n) is 6.78. The minimum absolute atomic E-state index is 0.0409. The summed E-state index contributed by atoms with van der Waals surface area (Å²) in [6.07, 6.45) is 4.73. The monoisotopic (exact) mass is 419 g/mol. The maximum atomic E-state index is 3.98. The molecule has 0 spiro atoms. The van der Waals surface area contributed by atoms with E-state index in [9.17, 15) is 0 Å². The molecule has 3 aromatic rings. The molecular weight excluding hydrogens is 386 g/mol. The van der Waals surface area contributed by atoms with E-state index in [4.69, 9.17) is 0 Å². The van der Waals surface area contributed by atoms with Gasteiger partial charge in [-0.05, 0) is 82.2 Å². The highest BCUT2D eigenvalue weighted by molar-refractivity contribution is 5.83. The second kappa shape index (κ2) is 6.38. The number of hydrogen-bond donors (Lipinski definition) is 1. The first kappa shape index (κ1) is 19.9.